The van der Waals surface area contributed by atoms with Crippen LogP contribution in [0.1, 0.15) is 39.1 Å². The van der Waals surface area contributed by atoms with E-state index in [0.717, 1.165) is 16.3 Å². The third kappa shape index (κ3) is 3.20. The highest BCUT2D eigenvalue weighted by atomic mass is 32.1. The van der Waals surface area contributed by atoms with Crippen LogP contribution in [0.2, 0.25) is 0 Å². The van der Waals surface area contributed by atoms with Crippen molar-refractivity contribution in [1.29, 1.82) is 0 Å². The average molecular weight is 275 g/mol. The van der Waals surface area contributed by atoms with E-state index in [4.69, 9.17) is 4.74 Å². The molecule has 0 unspecified atom stereocenters. The van der Waals surface area contributed by atoms with Gasteiger partial charge in [-0.1, -0.05) is 6.07 Å². The van der Waals surface area contributed by atoms with E-state index in [1.165, 1.54) is 29.4 Å². The minimum atomic E-state index is -0.00918. The summed E-state index contributed by atoms with van der Waals surface area (Å²) in [6, 6.07) is 4.17. The molecule has 0 amide bonds. The van der Waals surface area contributed by atoms with Crippen LogP contribution in [-0.4, -0.2) is 10.8 Å². The van der Waals surface area contributed by atoms with Gasteiger partial charge in [-0.25, -0.2) is 4.98 Å². The standard InChI is InChI=1S/C15H17NO2S/c1-9-5-10(2)11(3)14(6-9)18-7-15-16-13(8-19-15)12(4)17/h5-6,8H,7H2,1-4H3. The Morgan fingerprint density at radius 1 is 1.32 bits per heavy atom. The largest absolute Gasteiger partial charge is 0.486 e. The number of ether oxygens (including phenoxy) is 1. The lowest BCUT2D eigenvalue weighted by molar-refractivity contribution is 0.101. The Morgan fingerprint density at radius 3 is 2.68 bits per heavy atom. The minimum Gasteiger partial charge on any atom is -0.486 e. The van der Waals surface area contributed by atoms with Crippen molar-refractivity contribution >= 4 is 17.1 Å². The Bertz CT molecular complexity index is 617. The van der Waals surface area contributed by atoms with Crippen LogP contribution in [0.15, 0.2) is 17.5 Å². The van der Waals surface area contributed by atoms with Crippen LogP contribution in [0.5, 0.6) is 5.75 Å². The lowest BCUT2D eigenvalue weighted by Gasteiger charge is -2.11. The molecule has 100 valence electrons. The van der Waals surface area contributed by atoms with Crippen LogP contribution >= 0.6 is 11.3 Å². The molecule has 1 aromatic carbocycles. The molecular weight excluding hydrogens is 258 g/mol. The van der Waals surface area contributed by atoms with Gasteiger partial charge in [0.1, 0.15) is 23.1 Å². The molecule has 19 heavy (non-hydrogen) atoms. The number of aromatic nitrogens is 1. The van der Waals surface area contributed by atoms with Crippen molar-refractivity contribution in [2.24, 2.45) is 0 Å². The number of ketones is 1. The summed E-state index contributed by atoms with van der Waals surface area (Å²) in [5.41, 5.74) is 4.06. The fourth-order valence-electron chi connectivity index (χ4n) is 1.83. The van der Waals surface area contributed by atoms with E-state index >= 15 is 0 Å². The highest BCUT2D eigenvalue weighted by Gasteiger charge is 2.08. The first-order valence-electron chi connectivity index (χ1n) is 6.13. The predicted molar refractivity (Wildman–Crippen MR) is 77.1 cm³/mol. The predicted octanol–water partition coefficient (Wildman–Crippen LogP) is 3.85. The molecule has 0 radical (unpaired) electrons. The van der Waals surface area contributed by atoms with Crippen molar-refractivity contribution in [3.05, 3.63) is 44.9 Å². The van der Waals surface area contributed by atoms with Gasteiger partial charge >= 0.3 is 0 Å². The van der Waals surface area contributed by atoms with Gasteiger partial charge in [-0.3, -0.25) is 4.79 Å². The first-order valence-corrected chi connectivity index (χ1v) is 7.01. The molecule has 1 aromatic heterocycles. The van der Waals surface area contributed by atoms with Crippen molar-refractivity contribution < 1.29 is 9.53 Å². The molecular formula is C15H17NO2S. The van der Waals surface area contributed by atoms with E-state index in [2.05, 4.69) is 24.9 Å². The van der Waals surface area contributed by atoms with Crippen molar-refractivity contribution in [2.75, 3.05) is 0 Å². The van der Waals surface area contributed by atoms with E-state index in [-0.39, 0.29) is 5.78 Å². The molecule has 0 fully saturated rings. The van der Waals surface area contributed by atoms with Crippen LogP contribution in [0.3, 0.4) is 0 Å². The molecule has 0 bridgehead atoms. The number of thiazole rings is 1. The van der Waals surface area contributed by atoms with Gasteiger partial charge in [0.05, 0.1) is 0 Å². The number of nitrogens with zero attached hydrogens (tertiary/aromatic N) is 1. The van der Waals surface area contributed by atoms with Gasteiger partial charge in [0, 0.05) is 12.3 Å². The Hall–Kier alpha value is -1.68. The monoisotopic (exact) mass is 275 g/mol. The Morgan fingerprint density at radius 2 is 2.05 bits per heavy atom. The first kappa shape index (κ1) is 13.7. The van der Waals surface area contributed by atoms with Crippen LogP contribution in [0, 0.1) is 20.8 Å². The number of Topliss-reactive ketones (excluding diaryl/α,β-unsaturated/α-hetero) is 1. The molecule has 0 aliphatic rings. The van der Waals surface area contributed by atoms with Crippen molar-refractivity contribution in [1.82, 2.24) is 4.98 Å². The zero-order valence-electron chi connectivity index (χ0n) is 11.6. The summed E-state index contributed by atoms with van der Waals surface area (Å²) in [4.78, 5) is 15.4. The maximum Gasteiger partial charge on any atom is 0.178 e. The Balaban J connectivity index is 2.12. The Labute approximate surface area is 117 Å². The fraction of sp³-hybridized carbons (Fsp3) is 0.333. The van der Waals surface area contributed by atoms with Gasteiger partial charge in [0.2, 0.25) is 0 Å². The fourth-order valence-corrected chi connectivity index (χ4v) is 2.57. The third-order valence-electron chi connectivity index (χ3n) is 3.03. The maximum atomic E-state index is 11.2. The van der Waals surface area contributed by atoms with Gasteiger partial charge in [0.25, 0.3) is 0 Å². The van der Waals surface area contributed by atoms with Gasteiger partial charge < -0.3 is 4.74 Å². The number of carbonyl (C=O) groups is 1. The van der Waals surface area contributed by atoms with Gasteiger partial charge in [-0.05, 0) is 43.5 Å². The second kappa shape index (κ2) is 5.53. The van der Waals surface area contributed by atoms with Crippen molar-refractivity contribution in [3.8, 4) is 5.75 Å². The topological polar surface area (TPSA) is 39.2 Å². The molecule has 0 aliphatic carbocycles. The van der Waals surface area contributed by atoms with Crippen molar-refractivity contribution in [3.63, 3.8) is 0 Å². The summed E-state index contributed by atoms with van der Waals surface area (Å²) in [6.07, 6.45) is 0. The zero-order valence-corrected chi connectivity index (χ0v) is 12.4. The number of carbonyl (C=O) groups excluding carboxylic acids is 1. The zero-order chi connectivity index (χ0) is 14.0. The van der Waals surface area contributed by atoms with Crippen LogP contribution in [-0.2, 0) is 6.61 Å². The van der Waals surface area contributed by atoms with E-state index in [1.54, 1.807) is 5.38 Å². The summed E-state index contributed by atoms with van der Waals surface area (Å²) in [6.45, 7) is 8.10. The van der Waals surface area contributed by atoms with Gasteiger partial charge in [-0.2, -0.15) is 0 Å². The molecule has 0 N–H and O–H groups in total. The molecule has 2 aromatic rings. The van der Waals surface area contributed by atoms with Crippen LogP contribution in [0.25, 0.3) is 0 Å². The van der Waals surface area contributed by atoms with Crippen LogP contribution in [0.4, 0.5) is 0 Å². The normalized spacial score (nSPS) is 10.5. The molecule has 1 heterocycles. The second-order valence-electron chi connectivity index (χ2n) is 4.68. The van der Waals surface area contributed by atoms with E-state index in [1.807, 2.05) is 13.0 Å². The smallest absolute Gasteiger partial charge is 0.178 e. The SMILES string of the molecule is CC(=O)c1csc(COc2cc(C)cc(C)c2C)n1. The van der Waals surface area contributed by atoms with E-state index in [0.29, 0.717) is 12.3 Å². The van der Waals surface area contributed by atoms with E-state index in [9.17, 15) is 4.79 Å². The molecule has 2 rings (SSSR count). The number of rotatable bonds is 4. The summed E-state index contributed by atoms with van der Waals surface area (Å²) in [5, 5.41) is 2.60. The lowest BCUT2D eigenvalue weighted by Crippen LogP contribution is -1.99. The second-order valence-corrected chi connectivity index (χ2v) is 5.62. The van der Waals surface area contributed by atoms with Crippen molar-refractivity contribution in [2.45, 2.75) is 34.3 Å². The van der Waals surface area contributed by atoms with Gasteiger partial charge in [0.15, 0.2) is 5.78 Å². The molecule has 0 spiro atoms. The highest BCUT2D eigenvalue weighted by molar-refractivity contribution is 7.09. The summed E-state index contributed by atoms with van der Waals surface area (Å²) in [5.74, 6) is 0.877. The Kier molecular flexibility index (Phi) is 4.00. The molecule has 3 nitrogen and oxygen atoms in total. The highest BCUT2D eigenvalue weighted by Crippen LogP contribution is 2.24. The number of hydrogen-bond acceptors (Lipinski definition) is 4. The molecule has 0 aliphatic heterocycles. The molecule has 0 saturated heterocycles. The molecule has 4 heteroatoms. The maximum absolute atomic E-state index is 11.2. The molecule has 0 atom stereocenters. The average Bonchev–Trinajstić information content (AvgIpc) is 2.81. The quantitative estimate of drug-likeness (QED) is 0.796. The third-order valence-corrected chi connectivity index (χ3v) is 3.85. The van der Waals surface area contributed by atoms with Gasteiger partial charge in [-0.15, -0.1) is 11.3 Å². The summed E-state index contributed by atoms with van der Waals surface area (Å²) < 4.78 is 5.81. The lowest BCUT2D eigenvalue weighted by atomic mass is 10.1. The molecule has 0 saturated carbocycles. The summed E-state index contributed by atoms with van der Waals surface area (Å²) >= 11 is 1.45. The number of aryl methyl sites for hydroxylation is 2. The summed E-state index contributed by atoms with van der Waals surface area (Å²) in [7, 11) is 0. The number of benzene rings is 1. The first-order chi connectivity index (χ1) is 8.97. The number of hydrogen-bond donors (Lipinski definition) is 0. The minimum absolute atomic E-state index is 0.00918. The van der Waals surface area contributed by atoms with E-state index < -0.39 is 0 Å². The van der Waals surface area contributed by atoms with Crippen LogP contribution < -0.4 is 4.74 Å².